The van der Waals surface area contributed by atoms with E-state index in [9.17, 15) is 18.0 Å². The first-order chi connectivity index (χ1) is 10.9. The Bertz CT molecular complexity index is 617. The van der Waals surface area contributed by atoms with Crippen LogP contribution in [0.3, 0.4) is 0 Å². The van der Waals surface area contributed by atoms with Crippen LogP contribution in [0.4, 0.5) is 0 Å². The topological polar surface area (TPSA) is 99.2 Å². The number of carbonyl (C=O) groups is 2. The average molecular weight is 345 g/mol. The van der Waals surface area contributed by atoms with Crippen molar-refractivity contribution in [3.05, 3.63) is 0 Å². The van der Waals surface area contributed by atoms with Gasteiger partial charge in [0.25, 0.3) is 0 Å². The number of hydrogen-bond donors (Lipinski definition) is 0. The van der Waals surface area contributed by atoms with E-state index in [2.05, 4.69) is 0 Å². The summed E-state index contributed by atoms with van der Waals surface area (Å²) in [6.07, 6.45) is -0.209. The first-order valence-electron chi connectivity index (χ1n) is 7.90. The van der Waals surface area contributed by atoms with Gasteiger partial charge in [-0.25, -0.2) is 8.42 Å². The zero-order valence-corrected chi connectivity index (χ0v) is 13.4. The summed E-state index contributed by atoms with van der Waals surface area (Å²) in [6, 6.07) is 0. The van der Waals surface area contributed by atoms with Gasteiger partial charge in [-0.05, 0) is 0 Å². The molecule has 4 heterocycles. The molecular weight excluding hydrogens is 326 g/mol. The fourth-order valence-corrected chi connectivity index (χ4v) is 5.24. The van der Waals surface area contributed by atoms with Crippen molar-refractivity contribution in [3.8, 4) is 0 Å². The Balaban J connectivity index is 1.27. The molecule has 5 unspecified atom stereocenters. The third-order valence-corrected chi connectivity index (χ3v) is 6.81. The van der Waals surface area contributed by atoms with E-state index in [1.165, 1.54) is 0 Å². The molecule has 0 aromatic rings. The molecule has 4 fully saturated rings. The number of fused-ring (bicyclic) bond motifs is 1. The molecule has 8 nitrogen and oxygen atoms in total. The number of hydrogen-bond acceptors (Lipinski definition) is 8. The van der Waals surface area contributed by atoms with Gasteiger partial charge in [0, 0.05) is 26.1 Å². The van der Waals surface area contributed by atoms with E-state index in [1.54, 1.807) is 0 Å². The lowest BCUT2D eigenvalue weighted by molar-refractivity contribution is -0.155. The van der Waals surface area contributed by atoms with Crippen molar-refractivity contribution in [1.82, 2.24) is 4.90 Å². The van der Waals surface area contributed by atoms with Gasteiger partial charge < -0.3 is 14.2 Å². The van der Waals surface area contributed by atoms with Gasteiger partial charge in [-0.3, -0.25) is 14.5 Å². The van der Waals surface area contributed by atoms with Crippen LogP contribution in [0.1, 0.15) is 6.42 Å². The van der Waals surface area contributed by atoms with Gasteiger partial charge in [0.05, 0.1) is 23.5 Å². The van der Waals surface area contributed by atoms with Crippen LogP contribution in [0.15, 0.2) is 0 Å². The number of rotatable bonds is 4. The molecule has 0 aromatic heterocycles. The highest BCUT2D eigenvalue weighted by Gasteiger charge is 2.66. The SMILES string of the molecule is O=C(OCCN1CCS(=O)(=O)CC1)C1C2CC3OC(=O)C1C3O2. The maximum absolute atomic E-state index is 12.3. The molecule has 2 bridgehead atoms. The van der Waals surface area contributed by atoms with Crippen LogP contribution in [0.5, 0.6) is 0 Å². The molecular formula is C14H19NO7S. The Kier molecular flexibility index (Phi) is 3.62. The van der Waals surface area contributed by atoms with Gasteiger partial charge in [0.1, 0.15) is 24.7 Å². The van der Waals surface area contributed by atoms with Gasteiger partial charge in [0.15, 0.2) is 9.84 Å². The van der Waals surface area contributed by atoms with Crippen molar-refractivity contribution in [2.75, 3.05) is 37.7 Å². The maximum Gasteiger partial charge on any atom is 0.313 e. The van der Waals surface area contributed by atoms with E-state index in [0.29, 0.717) is 26.1 Å². The molecule has 0 radical (unpaired) electrons. The predicted octanol–water partition coefficient (Wildman–Crippen LogP) is -1.41. The number of carbonyl (C=O) groups excluding carboxylic acids is 2. The lowest BCUT2D eigenvalue weighted by Crippen LogP contribution is -2.42. The zero-order valence-electron chi connectivity index (χ0n) is 12.5. The first kappa shape index (κ1) is 15.3. The minimum absolute atomic E-state index is 0.149. The summed E-state index contributed by atoms with van der Waals surface area (Å²) in [6.45, 7) is 1.63. The Morgan fingerprint density at radius 3 is 2.74 bits per heavy atom. The van der Waals surface area contributed by atoms with Crippen LogP contribution < -0.4 is 0 Å². The monoisotopic (exact) mass is 345 g/mol. The Morgan fingerprint density at radius 1 is 1.26 bits per heavy atom. The molecule has 0 spiro atoms. The van der Waals surface area contributed by atoms with Crippen LogP contribution >= 0.6 is 0 Å². The average Bonchev–Trinajstić information content (AvgIpc) is 3.10. The fraction of sp³-hybridized carbons (Fsp3) is 0.857. The fourth-order valence-electron chi connectivity index (χ4n) is 3.96. The third kappa shape index (κ3) is 2.64. The second-order valence-electron chi connectivity index (χ2n) is 6.56. The van der Waals surface area contributed by atoms with Gasteiger partial charge >= 0.3 is 11.9 Å². The Morgan fingerprint density at radius 2 is 2.00 bits per heavy atom. The standard InChI is InChI=1S/C14H19NO7S/c16-13(20-4-1-15-2-5-23(18,19)6-3-15)10-8-7-9-12(21-8)11(10)14(17)22-9/h8-12H,1-7H2. The second kappa shape index (κ2) is 5.42. The lowest BCUT2D eigenvalue weighted by Gasteiger charge is -2.26. The summed E-state index contributed by atoms with van der Waals surface area (Å²) < 4.78 is 38.9. The smallest absolute Gasteiger partial charge is 0.313 e. The highest BCUT2D eigenvalue weighted by atomic mass is 32.2. The van der Waals surface area contributed by atoms with Crippen LogP contribution in [-0.4, -0.2) is 81.3 Å². The predicted molar refractivity (Wildman–Crippen MR) is 76.2 cm³/mol. The molecule has 5 atom stereocenters. The summed E-state index contributed by atoms with van der Waals surface area (Å²) in [4.78, 5) is 26.1. The summed E-state index contributed by atoms with van der Waals surface area (Å²) in [7, 11) is -2.91. The van der Waals surface area contributed by atoms with Crippen molar-refractivity contribution in [1.29, 1.82) is 0 Å². The van der Waals surface area contributed by atoms with Crippen LogP contribution in [0, 0.1) is 11.8 Å². The second-order valence-corrected chi connectivity index (χ2v) is 8.87. The van der Waals surface area contributed by atoms with E-state index >= 15 is 0 Å². The summed E-state index contributed by atoms with van der Waals surface area (Å²) >= 11 is 0. The molecule has 4 aliphatic heterocycles. The molecule has 0 aromatic carbocycles. The molecule has 0 N–H and O–H groups in total. The normalized spacial score (nSPS) is 41.0. The molecule has 4 rings (SSSR count). The number of nitrogens with zero attached hydrogens (tertiary/aromatic N) is 1. The van der Waals surface area contributed by atoms with Gasteiger partial charge in [-0.2, -0.15) is 0 Å². The summed E-state index contributed by atoms with van der Waals surface area (Å²) in [5, 5.41) is 0. The van der Waals surface area contributed by atoms with E-state index in [-0.39, 0.29) is 42.4 Å². The lowest BCUT2D eigenvalue weighted by atomic mass is 9.80. The number of sulfone groups is 1. The molecule has 9 heteroatoms. The third-order valence-electron chi connectivity index (χ3n) is 5.21. The van der Waals surface area contributed by atoms with Crippen molar-refractivity contribution in [2.24, 2.45) is 11.8 Å². The highest BCUT2D eigenvalue weighted by Crippen LogP contribution is 2.50. The number of esters is 2. The van der Waals surface area contributed by atoms with E-state index in [1.807, 2.05) is 4.90 Å². The molecule has 0 amide bonds. The van der Waals surface area contributed by atoms with Gasteiger partial charge in [-0.15, -0.1) is 0 Å². The summed E-state index contributed by atoms with van der Waals surface area (Å²) in [5.41, 5.74) is 0. The summed E-state index contributed by atoms with van der Waals surface area (Å²) in [5.74, 6) is -1.56. The van der Waals surface area contributed by atoms with E-state index in [0.717, 1.165) is 0 Å². The van der Waals surface area contributed by atoms with Crippen LogP contribution in [-0.2, 0) is 33.6 Å². The van der Waals surface area contributed by atoms with E-state index < -0.39 is 27.6 Å². The molecule has 23 heavy (non-hydrogen) atoms. The van der Waals surface area contributed by atoms with E-state index in [4.69, 9.17) is 14.2 Å². The Hall–Kier alpha value is -1.19. The van der Waals surface area contributed by atoms with Crippen molar-refractivity contribution in [2.45, 2.75) is 24.7 Å². The van der Waals surface area contributed by atoms with Crippen molar-refractivity contribution in [3.63, 3.8) is 0 Å². The number of ether oxygens (including phenoxy) is 3. The van der Waals surface area contributed by atoms with Crippen LogP contribution in [0.2, 0.25) is 0 Å². The van der Waals surface area contributed by atoms with Crippen LogP contribution in [0.25, 0.3) is 0 Å². The largest absolute Gasteiger partial charge is 0.464 e. The van der Waals surface area contributed by atoms with Crippen molar-refractivity contribution >= 4 is 21.8 Å². The quantitative estimate of drug-likeness (QED) is 0.573. The Labute approximate surface area is 134 Å². The minimum atomic E-state index is -2.91. The molecule has 128 valence electrons. The molecule has 4 aliphatic rings. The zero-order chi connectivity index (χ0) is 16.2. The molecule has 4 saturated heterocycles. The van der Waals surface area contributed by atoms with Gasteiger partial charge in [0.2, 0.25) is 0 Å². The molecule has 0 aliphatic carbocycles. The highest BCUT2D eigenvalue weighted by molar-refractivity contribution is 7.91. The first-order valence-corrected chi connectivity index (χ1v) is 9.72. The van der Waals surface area contributed by atoms with Gasteiger partial charge in [-0.1, -0.05) is 0 Å². The maximum atomic E-state index is 12.3. The molecule has 0 saturated carbocycles. The minimum Gasteiger partial charge on any atom is -0.464 e. The van der Waals surface area contributed by atoms with Crippen molar-refractivity contribution < 1.29 is 32.2 Å².